The number of hydrogen-bond donors (Lipinski definition) is 2. The highest BCUT2D eigenvalue weighted by atomic mass is 16.5. The predicted molar refractivity (Wildman–Crippen MR) is 68.6 cm³/mol. The van der Waals surface area contributed by atoms with Crippen molar-refractivity contribution in [2.75, 3.05) is 20.7 Å². The number of aliphatic carboxylic acids is 1. The number of carboxylic acid groups (broad SMARTS) is 1. The Balaban J connectivity index is 4.10. The van der Waals surface area contributed by atoms with E-state index in [0.717, 1.165) is 0 Å². The summed E-state index contributed by atoms with van der Waals surface area (Å²) in [5.41, 5.74) is -0.299. The van der Waals surface area contributed by atoms with Crippen molar-refractivity contribution in [1.82, 2.24) is 10.2 Å². The van der Waals surface area contributed by atoms with Crippen LogP contribution in [-0.4, -0.2) is 54.4 Å². The molecule has 0 aromatic heterocycles. The van der Waals surface area contributed by atoms with Crippen LogP contribution in [0.2, 0.25) is 0 Å². The summed E-state index contributed by atoms with van der Waals surface area (Å²) in [5, 5.41) is 11.3. The number of carbonyl (C=O) groups is 2. The number of nitrogens with one attached hydrogen (secondary N) is 1. The Labute approximate surface area is 108 Å². The highest BCUT2D eigenvalue weighted by Crippen LogP contribution is 2.15. The molecule has 0 spiro atoms. The molecule has 0 aromatic carbocycles. The van der Waals surface area contributed by atoms with Gasteiger partial charge in [0.15, 0.2) is 0 Å². The first-order chi connectivity index (χ1) is 8.18. The van der Waals surface area contributed by atoms with Crippen LogP contribution in [0.15, 0.2) is 0 Å². The molecular formula is C12H24N2O4. The Morgan fingerprint density at radius 2 is 2.00 bits per heavy atom. The van der Waals surface area contributed by atoms with E-state index in [2.05, 4.69) is 5.32 Å². The molecule has 0 saturated carbocycles. The molecule has 18 heavy (non-hydrogen) atoms. The molecule has 0 bridgehead atoms. The van der Waals surface area contributed by atoms with Gasteiger partial charge in [-0.05, 0) is 27.2 Å². The summed E-state index contributed by atoms with van der Waals surface area (Å²) in [5.74, 6) is -0.914. The Morgan fingerprint density at radius 1 is 1.44 bits per heavy atom. The van der Waals surface area contributed by atoms with Gasteiger partial charge in [0, 0.05) is 26.7 Å². The van der Waals surface area contributed by atoms with E-state index in [9.17, 15) is 9.59 Å². The number of carbonyl (C=O) groups excluding carboxylic acids is 1. The van der Waals surface area contributed by atoms with Crippen LogP contribution in [0.3, 0.4) is 0 Å². The maximum absolute atomic E-state index is 11.7. The van der Waals surface area contributed by atoms with Gasteiger partial charge in [-0.25, -0.2) is 4.79 Å². The number of nitrogens with zero attached hydrogens (tertiary/aromatic N) is 1. The molecule has 2 N–H and O–H groups in total. The lowest BCUT2D eigenvalue weighted by molar-refractivity contribution is -0.137. The van der Waals surface area contributed by atoms with Crippen molar-refractivity contribution in [2.45, 2.75) is 45.3 Å². The van der Waals surface area contributed by atoms with Gasteiger partial charge in [-0.3, -0.25) is 4.79 Å². The number of methoxy groups -OCH3 is 1. The lowest BCUT2D eigenvalue weighted by Crippen LogP contribution is -2.45. The van der Waals surface area contributed by atoms with Gasteiger partial charge < -0.3 is 20.1 Å². The second-order valence-corrected chi connectivity index (χ2v) is 5.08. The Kier molecular flexibility index (Phi) is 6.68. The van der Waals surface area contributed by atoms with Crippen LogP contribution in [-0.2, 0) is 9.53 Å². The van der Waals surface area contributed by atoms with Crippen molar-refractivity contribution in [3.63, 3.8) is 0 Å². The van der Waals surface area contributed by atoms with Crippen LogP contribution in [0.4, 0.5) is 4.79 Å². The molecule has 0 radical (unpaired) electrons. The highest BCUT2D eigenvalue weighted by Gasteiger charge is 2.22. The van der Waals surface area contributed by atoms with E-state index >= 15 is 0 Å². The molecule has 0 saturated heterocycles. The van der Waals surface area contributed by atoms with Crippen molar-refractivity contribution in [3.8, 4) is 0 Å². The van der Waals surface area contributed by atoms with Gasteiger partial charge >= 0.3 is 12.0 Å². The molecule has 2 amide bonds. The van der Waals surface area contributed by atoms with Gasteiger partial charge in [-0.2, -0.15) is 0 Å². The van der Waals surface area contributed by atoms with E-state index in [1.165, 1.54) is 4.90 Å². The lowest BCUT2D eigenvalue weighted by atomic mass is 10.00. The zero-order valence-corrected chi connectivity index (χ0v) is 11.8. The standard InChI is InChI=1S/C12H24N2O4/c1-9(8-12(2,3)18-5)13-11(17)14(4)7-6-10(15)16/h9H,6-8H2,1-5H3,(H,13,17)(H,15,16). The number of carboxylic acids is 1. The highest BCUT2D eigenvalue weighted by molar-refractivity contribution is 5.75. The van der Waals surface area contributed by atoms with Gasteiger partial charge in [-0.15, -0.1) is 0 Å². The number of amides is 2. The number of urea groups is 1. The van der Waals surface area contributed by atoms with Crippen LogP contribution >= 0.6 is 0 Å². The third kappa shape index (κ3) is 7.11. The van der Waals surface area contributed by atoms with Gasteiger partial charge in [0.2, 0.25) is 0 Å². The fraction of sp³-hybridized carbons (Fsp3) is 0.833. The molecule has 0 aliphatic heterocycles. The van der Waals surface area contributed by atoms with Gasteiger partial charge in [-0.1, -0.05) is 0 Å². The van der Waals surface area contributed by atoms with Crippen LogP contribution in [0.25, 0.3) is 0 Å². The molecule has 0 aromatic rings. The van der Waals surface area contributed by atoms with Crippen molar-refractivity contribution < 1.29 is 19.4 Å². The number of rotatable bonds is 7. The first kappa shape index (κ1) is 16.7. The average molecular weight is 260 g/mol. The topological polar surface area (TPSA) is 78.9 Å². The van der Waals surface area contributed by atoms with Crippen molar-refractivity contribution >= 4 is 12.0 Å². The molecule has 1 unspecified atom stereocenters. The summed E-state index contributed by atoms with van der Waals surface area (Å²) >= 11 is 0. The Morgan fingerprint density at radius 3 is 2.44 bits per heavy atom. The van der Waals surface area contributed by atoms with Gasteiger partial charge in [0.1, 0.15) is 0 Å². The minimum Gasteiger partial charge on any atom is -0.481 e. The molecule has 0 heterocycles. The third-order valence-electron chi connectivity index (χ3n) is 2.73. The first-order valence-electron chi connectivity index (χ1n) is 5.96. The SMILES string of the molecule is COC(C)(C)CC(C)NC(=O)N(C)CCC(=O)O. The average Bonchev–Trinajstić information content (AvgIpc) is 2.24. The lowest BCUT2D eigenvalue weighted by Gasteiger charge is -2.28. The minimum absolute atomic E-state index is 0.0419. The van der Waals surface area contributed by atoms with E-state index < -0.39 is 5.97 Å². The van der Waals surface area contributed by atoms with Crippen molar-refractivity contribution in [2.24, 2.45) is 0 Å². The second kappa shape index (κ2) is 7.20. The summed E-state index contributed by atoms with van der Waals surface area (Å²) < 4.78 is 5.29. The quantitative estimate of drug-likeness (QED) is 0.723. The normalized spacial score (nSPS) is 12.9. The van der Waals surface area contributed by atoms with Gasteiger partial charge in [0.05, 0.1) is 12.0 Å². The molecule has 0 aliphatic rings. The summed E-state index contributed by atoms with van der Waals surface area (Å²) in [6, 6.07) is -0.310. The minimum atomic E-state index is -0.914. The predicted octanol–water partition coefficient (Wildman–Crippen LogP) is 1.31. The van der Waals surface area contributed by atoms with E-state index in [-0.39, 0.29) is 30.6 Å². The summed E-state index contributed by atoms with van der Waals surface area (Å²) in [4.78, 5) is 23.5. The summed E-state index contributed by atoms with van der Waals surface area (Å²) in [6.07, 6.45) is 0.629. The van der Waals surface area contributed by atoms with Crippen molar-refractivity contribution in [3.05, 3.63) is 0 Å². The third-order valence-corrected chi connectivity index (χ3v) is 2.73. The number of ether oxygens (including phenoxy) is 1. The van der Waals surface area contributed by atoms with Gasteiger partial charge in [0.25, 0.3) is 0 Å². The maximum Gasteiger partial charge on any atom is 0.317 e. The van der Waals surface area contributed by atoms with Crippen LogP contribution < -0.4 is 5.32 Å². The monoisotopic (exact) mass is 260 g/mol. The van der Waals surface area contributed by atoms with Crippen LogP contribution in [0.5, 0.6) is 0 Å². The van der Waals surface area contributed by atoms with E-state index in [1.807, 2.05) is 20.8 Å². The molecule has 106 valence electrons. The fourth-order valence-electron chi connectivity index (χ4n) is 1.56. The maximum atomic E-state index is 11.7. The zero-order chi connectivity index (χ0) is 14.3. The molecule has 6 heteroatoms. The summed E-state index contributed by atoms with van der Waals surface area (Å²) in [7, 11) is 3.21. The largest absolute Gasteiger partial charge is 0.481 e. The molecule has 1 atom stereocenters. The van der Waals surface area contributed by atoms with Crippen molar-refractivity contribution in [1.29, 1.82) is 0 Å². The molecule has 0 aliphatic carbocycles. The molecule has 0 rings (SSSR count). The molecule has 6 nitrogen and oxygen atoms in total. The summed E-state index contributed by atoms with van der Waals surface area (Å²) in [6.45, 7) is 5.98. The van der Waals surface area contributed by atoms with E-state index in [1.54, 1.807) is 14.2 Å². The number of hydrogen-bond acceptors (Lipinski definition) is 3. The van der Waals surface area contributed by atoms with Crippen LogP contribution in [0.1, 0.15) is 33.6 Å². The second-order valence-electron chi connectivity index (χ2n) is 5.08. The fourth-order valence-corrected chi connectivity index (χ4v) is 1.56. The van der Waals surface area contributed by atoms with Crippen LogP contribution in [0, 0.1) is 0 Å². The smallest absolute Gasteiger partial charge is 0.317 e. The zero-order valence-electron chi connectivity index (χ0n) is 11.8. The Bertz CT molecular complexity index is 292. The Hall–Kier alpha value is -1.30. The van der Waals surface area contributed by atoms with E-state index in [0.29, 0.717) is 6.42 Å². The molecular weight excluding hydrogens is 236 g/mol. The molecule has 0 fully saturated rings. The first-order valence-corrected chi connectivity index (χ1v) is 5.96. The van der Waals surface area contributed by atoms with E-state index in [4.69, 9.17) is 9.84 Å².